The number of Topliss-reactive ketones (excluding diaryl/α,β-unsaturated/α-hetero) is 2. The SMILES string of the molecule is COc1ccc(F)cc1C(O)CC1/C=C(/C(C)=N/OC(C)C)C(=O)C(CCCc2cccc(C(=O)NC(C)C)c2)C(=O)CC1. The van der Waals surface area contributed by atoms with Crippen LogP contribution in [0.25, 0.3) is 0 Å². The van der Waals surface area contributed by atoms with Crippen molar-refractivity contribution in [3.05, 3.63) is 76.6 Å². The zero-order valence-corrected chi connectivity index (χ0v) is 26.6. The zero-order chi connectivity index (χ0) is 32.4. The first-order valence-corrected chi connectivity index (χ1v) is 15.3. The first kappa shape index (κ1) is 34.6. The van der Waals surface area contributed by atoms with E-state index in [4.69, 9.17) is 9.57 Å². The number of ketones is 2. The number of nitrogens with zero attached hydrogens (tertiary/aromatic N) is 1. The highest BCUT2D eigenvalue weighted by atomic mass is 19.1. The molecule has 1 aliphatic carbocycles. The Labute approximate surface area is 259 Å². The second kappa shape index (κ2) is 16.3. The number of rotatable bonds is 13. The van der Waals surface area contributed by atoms with Gasteiger partial charge in [0.1, 0.15) is 23.5 Å². The third kappa shape index (κ3) is 9.84. The lowest BCUT2D eigenvalue weighted by molar-refractivity contribution is -0.131. The first-order valence-electron chi connectivity index (χ1n) is 15.3. The van der Waals surface area contributed by atoms with E-state index < -0.39 is 17.8 Å². The van der Waals surface area contributed by atoms with Gasteiger partial charge in [0.05, 0.1) is 24.8 Å². The summed E-state index contributed by atoms with van der Waals surface area (Å²) in [5.41, 5.74) is 2.47. The average Bonchev–Trinajstić information content (AvgIpc) is 2.98. The van der Waals surface area contributed by atoms with Gasteiger partial charge in [0.15, 0.2) is 5.78 Å². The molecule has 3 atom stereocenters. The minimum Gasteiger partial charge on any atom is -0.496 e. The van der Waals surface area contributed by atoms with E-state index >= 15 is 0 Å². The molecule has 44 heavy (non-hydrogen) atoms. The van der Waals surface area contributed by atoms with Crippen LogP contribution in [0.15, 0.2) is 59.3 Å². The Morgan fingerprint density at radius 3 is 2.57 bits per heavy atom. The highest BCUT2D eigenvalue weighted by Gasteiger charge is 2.33. The molecule has 8 nitrogen and oxygen atoms in total. The number of amides is 1. The van der Waals surface area contributed by atoms with Crippen LogP contribution in [0.5, 0.6) is 5.75 Å². The van der Waals surface area contributed by atoms with Crippen molar-refractivity contribution in [3.63, 3.8) is 0 Å². The number of ether oxygens (including phenoxy) is 1. The standard InChI is InChI=1S/C35H45FN2O6/c1-21(2)37-35(42)26-11-7-9-24(17-26)10-8-12-28-31(39)15-13-25(18-29(34(28)41)23(5)38-44-22(3)4)19-32(40)30-20-27(36)14-16-33(30)43-6/h7,9,11,14,16-18,20-22,25,28,32,40H,8,10,12-13,15,19H2,1-6H3,(H,37,42)/b29-18-,38-23+. The highest BCUT2D eigenvalue weighted by Crippen LogP contribution is 2.34. The molecule has 0 radical (unpaired) electrons. The van der Waals surface area contributed by atoms with Gasteiger partial charge in [-0.2, -0.15) is 0 Å². The molecule has 0 saturated heterocycles. The fourth-order valence-corrected chi connectivity index (χ4v) is 5.35. The van der Waals surface area contributed by atoms with Crippen molar-refractivity contribution in [2.45, 2.75) is 91.4 Å². The number of carbonyl (C=O) groups excluding carboxylic acids is 3. The molecule has 0 bridgehead atoms. The zero-order valence-electron chi connectivity index (χ0n) is 26.6. The van der Waals surface area contributed by atoms with Gasteiger partial charge in [0, 0.05) is 29.2 Å². The maximum atomic E-state index is 14.0. The van der Waals surface area contributed by atoms with Crippen molar-refractivity contribution in [2.24, 2.45) is 17.0 Å². The van der Waals surface area contributed by atoms with Crippen LogP contribution in [0.4, 0.5) is 4.39 Å². The second-order valence-electron chi connectivity index (χ2n) is 12.0. The van der Waals surface area contributed by atoms with E-state index in [1.807, 2.05) is 45.9 Å². The number of aliphatic hydroxyl groups is 1. The smallest absolute Gasteiger partial charge is 0.251 e. The summed E-state index contributed by atoms with van der Waals surface area (Å²) in [5, 5.41) is 18.1. The van der Waals surface area contributed by atoms with E-state index in [0.29, 0.717) is 53.8 Å². The Morgan fingerprint density at radius 1 is 1.14 bits per heavy atom. The van der Waals surface area contributed by atoms with Crippen molar-refractivity contribution in [3.8, 4) is 5.75 Å². The summed E-state index contributed by atoms with van der Waals surface area (Å²) in [5.74, 6) is -1.97. The normalized spacial score (nSPS) is 19.7. The van der Waals surface area contributed by atoms with E-state index in [-0.39, 0.29) is 48.4 Å². The van der Waals surface area contributed by atoms with E-state index in [0.717, 1.165) is 5.56 Å². The summed E-state index contributed by atoms with van der Waals surface area (Å²) in [4.78, 5) is 45.2. The fourth-order valence-electron chi connectivity index (χ4n) is 5.35. The van der Waals surface area contributed by atoms with Gasteiger partial charge in [-0.05, 0) is 109 Å². The van der Waals surface area contributed by atoms with Crippen LogP contribution in [-0.4, -0.2) is 47.5 Å². The number of benzene rings is 2. The molecule has 0 heterocycles. The van der Waals surface area contributed by atoms with E-state index in [9.17, 15) is 23.9 Å². The lowest BCUT2D eigenvalue weighted by Crippen LogP contribution is -2.31. The Morgan fingerprint density at radius 2 is 1.89 bits per heavy atom. The fraction of sp³-hybridized carbons (Fsp3) is 0.486. The Hall–Kier alpha value is -3.85. The molecule has 9 heteroatoms. The number of halogens is 1. The van der Waals surface area contributed by atoms with E-state index in [1.54, 1.807) is 19.1 Å². The lowest BCUT2D eigenvalue weighted by Gasteiger charge is -2.25. The third-order valence-corrected chi connectivity index (χ3v) is 7.57. The quantitative estimate of drug-likeness (QED) is 0.157. The first-order chi connectivity index (χ1) is 20.9. The molecule has 1 amide bonds. The maximum Gasteiger partial charge on any atom is 0.251 e. The molecule has 238 valence electrons. The summed E-state index contributed by atoms with van der Waals surface area (Å²) in [6.45, 7) is 9.13. The van der Waals surface area contributed by atoms with Crippen LogP contribution in [0.1, 0.15) is 94.3 Å². The van der Waals surface area contributed by atoms with Crippen LogP contribution in [0.2, 0.25) is 0 Å². The molecule has 3 unspecified atom stereocenters. The number of allylic oxidation sites excluding steroid dienone is 2. The molecule has 0 fully saturated rings. The number of carbonyl (C=O) groups is 3. The summed E-state index contributed by atoms with van der Waals surface area (Å²) < 4.78 is 19.3. The van der Waals surface area contributed by atoms with Crippen LogP contribution in [-0.2, 0) is 20.8 Å². The van der Waals surface area contributed by atoms with Crippen molar-refractivity contribution in [1.29, 1.82) is 0 Å². The molecule has 0 aliphatic heterocycles. The van der Waals surface area contributed by atoms with Crippen LogP contribution in [0.3, 0.4) is 0 Å². The Kier molecular flexibility index (Phi) is 12.8. The molecular formula is C35H45FN2O6. The van der Waals surface area contributed by atoms with Gasteiger partial charge in [-0.25, -0.2) is 4.39 Å². The Bertz CT molecular complexity index is 1380. The molecule has 2 aromatic carbocycles. The second-order valence-corrected chi connectivity index (χ2v) is 12.0. The molecule has 0 saturated carbocycles. The summed E-state index contributed by atoms with van der Waals surface area (Å²) in [7, 11) is 1.45. The van der Waals surface area contributed by atoms with Gasteiger partial charge in [-0.3, -0.25) is 14.4 Å². The third-order valence-electron chi connectivity index (χ3n) is 7.57. The number of hydrogen-bond acceptors (Lipinski definition) is 7. The number of aryl methyl sites for hydroxylation is 1. The van der Waals surface area contributed by atoms with E-state index in [1.165, 1.54) is 25.3 Å². The number of aliphatic hydroxyl groups excluding tert-OH is 1. The van der Waals surface area contributed by atoms with E-state index in [2.05, 4.69) is 10.5 Å². The van der Waals surface area contributed by atoms with Gasteiger partial charge in [0.2, 0.25) is 0 Å². The minimum absolute atomic E-state index is 0.0229. The predicted octanol–water partition coefficient (Wildman–Crippen LogP) is 6.31. The molecule has 0 spiro atoms. The minimum atomic E-state index is -1.08. The largest absolute Gasteiger partial charge is 0.496 e. The van der Waals surface area contributed by atoms with Gasteiger partial charge >= 0.3 is 0 Å². The summed E-state index contributed by atoms with van der Waals surface area (Å²) >= 11 is 0. The summed E-state index contributed by atoms with van der Waals surface area (Å²) in [6, 6.07) is 11.3. The van der Waals surface area contributed by atoms with Gasteiger partial charge < -0.3 is 20.0 Å². The molecule has 3 rings (SSSR count). The summed E-state index contributed by atoms with van der Waals surface area (Å²) in [6.07, 6.45) is 2.76. The van der Waals surface area contributed by atoms with Crippen LogP contribution < -0.4 is 10.1 Å². The monoisotopic (exact) mass is 608 g/mol. The average molecular weight is 609 g/mol. The maximum absolute atomic E-state index is 14.0. The molecule has 1 aliphatic rings. The number of oxime groups is 1. The lowest BCUT2D eigenvalue weighted by atomic mass is 9.79. The van der Waals surface area contributed by atoms with Crippen molar-refractivity contribution < 1.29 is 33.5 Å². The molecule has 0 aromatic heterocycles. The van der Waals surface area contributed by atoms with Gasteiger partial charge in [-0.1, -0.05) is 23.4 Å². The van der Waals surface area contributed by atoms with Gasteiger partial charge in [-0.15, -0.1) is 0 Å². The molecule has 2 N–H and O–H groups in total. The van der Waals surface area contributed by atoms with Crippen LogP contribution in [0, 0.1) is 17.7 Å². The van der Waals surface area contributed by atoms with Gasteiger partial charge in [0.25, 0.3) is 5.91 Å². The topological polar surface area (TPSA) is 114 Å². The van der Waals surface area contributed by atoms with Crippen molar-refractivity contribution >= 4 is 23.2 Å². The Balaban J connectivity index is 1.82. The van der Waals surface area contributed by atoms with Crippen molar-refractivity contribution in [1.82, 2.24) is 5.32 Å². The number of methoxy groups -OCH3 is 1. The number of nitrogens with one attached hydrogen (secondary N) is 1. The molecule has 2 aromatic rings. The predicted molar refractivity (Wildman–Crippen MR) is 168 cm³/mol. The molecular weight excluding hydrogens is 563 g/mol. The highest BCUT2D eigenvalue weighted by molar-refractivity contribution is 6.26. The van der Waals surface area contributed by atoms with Crippen molar-refractivity contribution in [2.75, 3.05) is 7.11 Å². The number of hydrogen-bond donors (Lipinski definition) is 2. The van der Waals surface area contributed by atoms with Crippen LogP contribution >= 0.6 is 0 Å².